The summed E-state index contributed by atoms with van der Waals surface area (Å²) in [6.45, 7) is 3.62. The summed E-state index contributed by atoms with van der Waals surface area (Å²) in [6.07, 6.45) is 3.81. The van der Waals surface area contributed by atoms with Gasteiger partial charge in [-0.05, 0) is 57.7 Å². The molecule has 0 radical (unpaired) electrons. The minimum Gasteiger partial charge on any atom is -0.364 e. The van der Waals surface area contributed by atoms with E-state index in [-0.39, 0.29) is 40.3 Å². The number of primary amides is 1. The Labute approximate surface area is 184 Å². The Morgan fingerprint density at radius 3 is 2.48 bits per heavy atom. The van der Waals surface area contributed by atoms with Crippen molar-refractivity contribution in [1.82, 2.24) is 14.9 Å². The maximum absolute atomic E-state index is 13.2. The normalized spacial score (nSPS) is 18.6. The van der Waals surface area contributed by atoms with Gasteiger partial charge in [0.1, 0.15) is 11.5 Å². The molecule has 0 aliphatic heterocycles. The van der Waals surface area contributed by atoms with Crippen molar-refractivity contribution >= 4 is 35.0 Å². The fraction of sp³-hybridized carbons (Fsp3) is 0.429. The topological polar surface area (TPSA) is 119 Å². The molecule has 31 heavy (non-hydrogen) atoms. The molecule has 2 aromatic rings. The Kier molecular flexibility index (Phi) is 6.94. The number of aromatic nitrogens is 2. The van der Waals surface area contributed by atoms with Gasteiger partial charge in [0.25, 0.3) is 11.8 Å². The fourth-order valence-electron chi connectivity index (χ4n) is 3.82. The zero-order chi connectivity index (χ0) is 22.7. The Morgan fingerprint density at radius 1 is 1.23 bits per heavy atom. The van der Waals surface area contributed by atoms with E-state index < -0.39 is 17.6 Å². The van der Waals surface area contributed by atoms with Gasteiger partial charge in [-0.15, -0.1) is 0 Å². The number of imidazole rings is 1. The molecule has 0 saturated heterocycles. The molecule has 3 rings (SSSR count). The summed E-state index contributed by atoms with van der Waals surface area (Å²) in [5, 5.41) is 5.60. The summed E-state index contributed by atoms with van der Waals surface area (Å²) in [7, 11) is 0. The van der Waals surface area contributed by atoms with Crippen LogP contribution in [0.3, 0.4) is 0 Å². The summed E-state index contributed by atoms with van der Waals surface area (Å²) in [5.41, 5.74) is 5.98. The lowest BCUT2D eigenvalue weighted by atomic mass is 9.85. The highest BCUT2D eigenvalue weighted by molar-refractivity contribution is 6.33. The molecule has 0 atom stereocenters. The van der Waals surface area contributed by atoms with Crippen molar-refractivity contribution in [3.8, 4) is 0 Å². The van der Waals surface area contributed by atoms with Gasteiger partial charge in [0.05, 0.1) is 17.0 Å². The van der Waals surface area contributed by atoms with Gasteiger partial charge >= 0.3 is 0 Å². The van der Waals surface area contributed by atoms with Crippen molar-refractivity contribution in [2.24, 2.45) is 11.7 Å². The van der Waals surface area contributed by atoms with Crippen LogP contribution < -0.4 is 16.4 Å². The van der Waals surface area contributed by atoms with Crippen LogP contribution in [0.1, 0.15) is 66.5 Å². The Bertz CT molecular complexity index is 999. The van der Waals surface area contributed by atoms with Crippen molar-refractivity contribution in [2.45, 2.75) is 51.6 Å². The van der Waals surface area contributed by atoms with E-state index in [1.165, 1.54) is 18.5 Å². The number of amides is 3. The highest BCUT2D eigenvalue weighted by Crippen LogP contribution is 2.34. The van der Waals surface area contributed by atoms with Crippen LogP contribution in [-0.4, -0.2) is 33.3 Å². The van der Waals surface area contributed by atoms with Crippen LogP contribution in [0.25, 0.3) is 0 Å². The summed E-state index contributed by atoms with van der Waals surface area (Å²) >= 11 is 5.98. The number of nitrogens with two attached hydrogens (primary N) is 1. The van der Waals surface area contributed by atoms with Crippen LogP contribution in [0, 0.1) is 11.7 Å². The summed E-state index contributed by atoms with van der Waals surface area (Å²) in [6, 6.07) is 3.59. The number of nitrogens with one attached hydrogen (secondary N) is 2. The lowest BCUT2D eigenvalue weighted by molar-refractivity contribution is -0.121. The molecule has 1 aromatic heterocycles. The average Bonchev–Trinajstić information content (AvgIpc) is 3.15. The minimum absolute atomic E-state index is 0.00650. The first-order valence-electron chi connectivity index (χ1n) is 10.1. The number of hydrogen-bond acceptors (Lipinski definition) is 4. The molecule has 0 spiro atoms. The Balaban J connectivity index is 1.68. The van der Waals surface area contributed by atoms with Gasteiger partial charge in [0.15, 0.2) is 5.69 Å². The van der Waals surface area contributed by atoms with Gasteiger partial charge < -0.3 is 20.9 Å². The predicted molar refractivity (Wildman–Crippen MR) is 114 cm³/mol. The monoisotopic (exact) mass is 449 g/mol. The van der Waals surface area contributed by atoms with Crippen LogP contribution in [0.2, 0.25) is 5.02 Å². The second-order valence-corrected chi connectivity index (χ2v) is 8.37. The van der Waals surface area contributed by atoms with E-state index in [1.807, 2.05) is 13.8 Å². The number of hydrogen-bond donors (Lipinski definition) is 3. The summed E-state index contributed by atoms with van der Waals surface area (Å²) < 4.78 is 14.8. The highest BCUT2D eigenvalue weighted by Gasteiger charge is 2.31. The van der Waals surface area contributed by atoms with Crippen molar-refractivity contribution < 1.29 is 18.8 Å². The molecule has 8 nitrogen and oxygen atoms in total. The van der Waals surface area contributed by atoms with E-state index in [9.17, 15) is 18.8 Å². The van der Waals surface area contributed by atoms with Crippen molar-refractivity contribution in [1.29, 1.82) is 0 Å². The number of carbonyl (C=O) groups excluding carboxylic acids is 3. The molecule has 1 fully saturated rings. The van der Waals surface area contributed by atoms with E-state index in [0.717, 1.165) is 6.07 Å². The van der Waals surface area contributed by atoms with Gasteiger partial charge in [-0.25, -0.2) is 9.37 Å². The largest absolute Gasteiger partial charge is 0.364 e. The third kappa shape index (κ3) is 5.22. The van der Waals surface area contributed by atoms with E-state index in [0.29, 0.717) is 31.4 Å². The number of carbonyl (C=O) groups is 3. The lowest BCUT2D eigenvalue weighted by Crippen LogP contribution is -2.33. The maximum Gasteiger partial charge on any atom is 0.272 e. The first-order valence-corrected chi connectivity index (χ1v) is 10.5. The summed E-state index contributed by atoms with van der Waals surface area (Å²) in [5.74, 6) is -2.09. The van der Waals surface area contributed by atoms with Gasteiger partial charge in [0.2, 0.25) is 5.91 Å². The maximum atomic E-state index is 13.2. The number of halogens is 2. The molecular formula is C21H25ClFN5O3. The van der Waals surface area contributed by atoms with Crippen molar-refractivity contribution in [3.05, 3.63) is 46.8 Å². The van der Waals surface area contributed by atoms with Crippen LogP contribution >= 0.6 is 11.6 Å². The third-order valence-electron chi connectivity index (χ3n) is 5.31. The zero-order valence-corrected chi connectivity index (χ0v) is 18.1. The van der Waals surface area contributed by atoms with Crippen LogP contribution in [0.5, 0.6) is 0 Å². The summed E-state index contributed by atoms with van der Waals surface area (Å²) in [4.78, 5) is 41.1. The van der Waals surface area contributed by atoms with Gasteiger partial charge in [-0.3, -0.25) is 14.4 Å². The predicted octanol–water partition coefficient (Wildman–Crippen LogP) is 3.28. The molecule has 0 bridgehead atoms. The second-order valence-electron chi connectivity index (χ2n) is 7.96. The minimum atomic E-state index is -0.725. The molecule has 1 heterocycles. The molecule has 1 aliphatic carbocycles. The molecular weight excluding hydrogens is 425 g/mol. The van der Waals surface area contributed by atoms with Crippen molar-refractivity contribution in [3.63, 3.8) is 0 Å². The smallest absolute Gasteiger partial charge is 0.272 e. The molecule has 4 N–H and O–H groups in total. The Hall–Kier alpha value is -2.94. The molecule has 1 saturated carbocycles. The van der Waals surface area contributed by atoms with E-state index >= 15 is 0 Å². The Morgan fingerprint density at radius 2 is 1.90 bits per heavy atom. The van der Waals surface area contributed by atoms with Crippen LogP contribution in [0.15, 0.2) is 24.5 Å². The standard InChI is InChI=1S/C21H25ClFN5O3/c1-11(2)26-21(31)17-18(19(24)29)28(10-25-17)14-6-3-12(4-7-14)20(30)27-16-8-5-13(23)9-15(16)22/h5,8-12,14H,3-4,6-7H2,1-2H3,(H2,24,29)(H,26,31)(H,27,30). The molecule has 1 aliphatic rings. The number of benzene rings is 1. The lowest BCUT2D eigenvalue weighted by Gasteiger charge is -2.29. The third-order valence-corrected chi connectivity index (χ3v) is 5.62. The molecule has 3 amide bonds. The zero-order valence-electron chi connectivity index (χ0n) is 17.3. The van der Waals surface area contributed by atoms with Gasteiger partial charge in [-0.2, -0.15) is 0 Å². The first-order chi connectivity index (χ1) is 14.7. The van der Waals surface area contributed by atoms with Gasteiger partial charge in [0, 0.05) is 18.0 Å². The number of anilines is 1. The van der Waals surface area contributed by atoms with Crippen molar-refractivity contribution in [2.75, 3.05) is 5.32 Å². The fourth-order valence-corrected chi connectivity index (χ4v) is 4.03. The molecule has 10 heteroatoms. The highest BCUT2D eigenvalue weighted by atomic mass is 35.5. The molecule has 166 valence electrons. The van der Waals surface area contributed by atoms with E-state index in [4.69, 9.17) is 17.3 Å². The van der Waals surface area contributed by atoms with Crippen LogP contribution in [0.4, 0.5) is 10.1 Å². The first kappa shape index (κ1) is 22.7. The van der Waals surface area contributed by atoms with E-state index in [2.05, 4.69) is 15.6 Å². The molecule has 1 aromatic carbocycles. The second kappa shape index (κ2) is 9.47. The SMILES string of the molecule is CC(C)NC(=O)c1ncn(C2CCC(C(=O)Nc3ccc(F)cc3Cl)CC2)c1C(N)=O. The average molecular weight is 450 g/mol. The van der Waals surface area contributed by atoms with Crippen LogP contribution in [-0.2, 0) is 4.79 Å². The number of nitrogens with zero attached hydrogens (tertiary/aromatic N) is 2. The molecule has 0 unspecified atom stereocenters. The quantitative estimate of drug-likeness (QED) is 0.626. The van der Waals surface area contributed by atoms with E-state index in [1.54, 1.807) is 4.57 Å². The van der Waals surface area contributed by atoms with Gasteiger partial charge in [-0.1, -0.05) is 11.6 Å². The number of rotatable bonds is 6.